The molecule has 9 heavy (non-hydrogen) atoms. The third kappa shape index (κ3) is 4.63. The molecule has 0 amide bonds. The molecule has 3 heteroatoms. The minimum absolute atomic E-state index is 0.792. The van der Waals surface area contributed by atoms with E-state index in [0.29, 0.717) is 0 Å². The van der Waals surface area contributed by atoms with E-state index in [1.807, 2.05) is 6.92 Å². The van der Waals surface area contributed by atoms with Crippen molar-refractivity contribution in [3.63, 3.8) is 0 Å². The zero-order valence-electron chi connectivity index (χ0n) is 6.73. The second kappa shape index (κ2) is 4.03. The van der Waals surface area contributed by atoms with Gasteiger partial charge in [-0.2, -0.15) is 0 Å². The van der Waals surface area contributed by atoms with Crippen LogP contribution in [0.4, 0.5) is 0 Å². The zero-order valence-corrected chi connectivity index (χ0v) is 7.73. The van der Waals surface area contributed by atoms with Gasteiger partial charge in [0.25, 0.3) is 0 Å². The normalized spacial score (nSPS) is 12.0. The van der Waals surface area contributed by atoms with Crippen LogP contribution in [0.3, 0.4) is 0 Å². The molecule has 0 aromatic carbocycles. The van der Waals surface area contributed by atoms with Crippen molar-refractivity contribution in [1.29, 1.82) is 0 Å². The summed E-state index contributed by atoms with van der Waals surface area (Å²) in [4.78, 5) is 0. The first-order valence-electron chi connectivity index (χ1n) is 3.25. The summed E-state index contributed by atoms with van der Waals surface area (Å²) in [7, 11) is 0.291. The van der Waals surface area contributed by atoms with Crippen molar-refractivity contribution >= 4 is 8.32 Å². The second-order valence-electron chi connectivity index (χ2n) is 2.63. The fourth-order valence-electron chi connectivity index (χ4n) is 0.780. The van der Waals surface area contributed by atoms with Gasteiger partial charge >= 0.3 is 0 Å². The van der Waals surface area contributed by atoms with E-state index < -0.39 is 8.32 Å². The Labute approximate surface area is 58.3 Å². The SMILES string of the molecule is CCO[Si](C)(C)COC. The van der Waals surface area contributed by atoms with Crippen LogP contribution in [0.5, 0.6) is 0 Å². The van der Waals surface area contributed by atoms with Gasteiger partial charge in [-0.1, -0.05) is 0 Å². The van der Waals surface area contributed by atoms with E-state index in [9.17, 15) is 0 Å². The Balaban J connectivity index is 3.43. The fraction of sp³-hybridized carbons (Fsp3) is 1.00. The van der Waals surface area contributed by atoms with Crippen molar-refractivity contribution in [3.05, 3.63) is 0 Å². The summed E-state index contributed by atoms with van der Waals surface area (Å²) >= 11 is 0. The summed E-state index contributed by atoms with van der Waals surface area (Å²) in [6.07, 6.45) is 0.792. The lowest BCUT2D eigenvalue weighted by Crippen LogP contribution is -2.36. The van der Waals surface area contributed by atoms with Crippen LogP contribution < -0.4 is 0 Å². The monoisotopic (exact) mass is 148 g/mol. The van der Waals surface area contributed by atoms with Crippen molar-refractivity contribution < 1.29 is 9.16 Å². The predicted octanol–water partition coefficient (Wildman–Crippen LogP) is 1.41. The van der Waals surface area contributed by atoms with Gasteiger partial charge in [-0.25, -0.2) is 0 Å². The molecule has 56 valence electrons. The van der Waals surface area contributed by atoms with Crippen LogP contribution >= 0.6 is 0 Å². The largest absolute Gasteiger partial charge is 0.415 e. The number of rotatable bonds is 4. The van der Waals surface area contributed by atoms with Gasteiger partial charge in [0, 0.05) is 13.7 Å². The number of ether oxygens (including phenoxy) is 1. The molecule has 0 saturated carbocycles. The highest BCUT2D eigenvalue weighted by Crippen LogP contribution is 2.02. The van der Waals surface area contributed by atoms with E-state index in [4.69, 9.17) is 9.16 Å². The Morgan fingerprint density at radius 2 is 1.89 bits per heavy atom. The van der Waals surface area contributed by atoms with Crippen molar-refractivity contribution in [2.75, 3.05) is 19.9 Å². The van der Waals surface area contributed by atoms with Crippen molar-refractivity contribution in [2.24, 2.45) is 0 Å². The van der Waals surface area contributed by atoms with Crippen LogP contribution in [0.2, 0.25) is 13.1 Å². The van der Waals surface area contributed by atoms with Gasteiger partial charge in [0.1, 0.15) is 0 Å². The van der Waals surface area contributed by atoms with E-state index >= 15 is 0 Å². The lowest BCUT2D eigenvalue weighted by molar-refractivity contribution is 0.213. The first kappa shape index (κ1) is 9.14. The van der Waals surface area contributed by atoms with Gasteiger partial charge in [-0.15, -0.1) is 0 Å². The molecule has 0 spiro atoms. The molecule has 0 radical (unpaired) electrons. The Morgan fingerprint density at radius 3 is 2.22 bits per heavy atom. The Morgan fingerprint density at radius 1 is 1.33 bits per heavy atom. The molecule has 0 bridgehead atoms. The second-order valence-corrected chi connectivity index (χ2v) is 6.72. The predicted molar refractivity (Wildman–Crippen MR) is 41.0 cm³/mol. The minimum atomic E-state index is -1.43. The van der Waals surface area contributed by atoms with E-state index in [1.165, 1.54) is 0 Å². The minimum Gasteiger partial charge on any atom is -0.415 e. The van der Waals surface area contributed by atoms with Crippen LogP contribution in [0, 0.1) is 0 Å². The van der Waals surface area contributed by atoms with E-state index in [0.717, 1.165) is 12.8 Å². The molecule has 0 aliphatic rings. The lowest BCUT2D eigenvalue weighted by Gasteiger charge is -2.19. The number of hydrogen-bond donors (Lipinski definition) is 0. The smallest absolute Gasteiger partial charge is 0.211 e. The fourth-order valence-corrected chi connectivity index (χ4v) is 2.34. The highest BCUT2D eigenvalue weighted by molar-refractivity contribution is 6.71. The highest BCUT2D eigenvalue weighted by atomic mass is 28.4. The van der Waals surface area contributed by atoms with Crippen LogP contribution in [0.1, 0.15) is 6.92 Å². The molecule has 0 aromatic rings. The van der Waals surface area contributed by atoms with Gasteiger partial charge in [0.15, 0.2) is 0 Å². The number of methoxy groups -OCH3 is 1. The van der Waals surface area contributed by atoms with E-state index in [1.54, 1.807) is 7.11 Å². The summed E-state index contributed by atoms with van der Waals surface area (Å²) in [5.41, 5.74) is 0. The molecular formula is C6H16O2Si. The first-order valence-corrected chi connectivity index (χ1v) is 6.37. The molecule has 0 fully saturated rings. The maximum atomic E-state index is 5.48. The summed E-state index contributed by atoms with van der Waals surface area (Å²) in [6, 6.07) is 0. The number of hydrogen-bond acceptors (Lipinski definition) is 2. The van der Waals surface area contributed by atoms with Crippen LogP contribution in [0.25, 0.3) is 0 Å². The topological polar surface area (TPSA) is 18.5 Å². The summed E-state index contributed by atoms with van der Waals surface area (Å²) < 4.78 is 10.5. The summed E-state index contributed by atoms with van der Waals surface area (Å²) in [6.45, 7) is 7.13. The lowest BCUT2D eigenvalue weighted by atomic mass is 10.9. The van der Waals surface area contributed by atoms with Crippen molar-refractivity contribution in [3.8, 4) is 0 Å². The maximum Gasteiger partial charge on any atom is 0.211 e. The van der Waals surface area contributed by atoms with E-state index in [-0.39, 0.29) is 0 Å². The molecule has 0 aliphatic carbocycles. The third-order valence-electron chi connectivity index (χ3n) is 1.03. The van der Waals surface area contributed by atoms with Crippen LogP contribution in [0.15, 0.2) is 0 Å². The molecule has 0 atom stereocenters. The Bertz CT molecular complexity index is 65.5. The van der Waals surface area contributed by atoms with Gasteiger partial charge in [-0.05, 0) is 20.0 Å². The van der Waals surface area contributed by atoms with Gasteiger partial charge < -0.3 is 9.16 Å². The first-order chi connectivity index (χ1) is 4.12. The molecule has 0 heterocycles. The van der Waals surface area contributed by atoms with Crippen molar-refractivity contribution in [2.45, 2.75) is 20.0 Å². The average Bonchev–Trinajstić information content (AvgIpc) is 1.64. The Hall–Kier alpha value is 0.137. The zero-order chi connectivity index (χ0) is 7.33. The molecule has 0 unspecified atom stereocenters. The van der Waals surface area contributed by atoms with Crippen molar-refractivity contribution in [1.82, 2.24) is 0 Å². The molecule has 0 aromatic heterocycles. The van der Waals surface area contributed by atoms with Gasteiger partial charge in [0.05, 0.1) is 6.23 Å². The molecule has 0 N–H and O–H groups in total. The average molecular weight is 148 g/mol. The maximum absolute atomic E-state index is 5.48. The van der Waals surface area contributed by atoms with Gasteiger partial charge in [0.2, 0.25) is 8.32 Å². The summed E-state index contributed by atoms with van der Waals surface area (Å²) in [5, 5.41) is 0. The third-order valence-corrected chi connectivity index (χ3v) is 3.08. The molecule has 0 rings (SSSR count). The van der Waals surface area contributed by atoms with Crippen LogP contribution in [-0.4, -0.2) is 28.3 Å². The Kier molecular flexibility index (Phi) is 4.09. The van der Waals surface area contributed by atoms with E-state index in [2.05, 4.69) is 13.1 Å². The standard InChI is InChI=1S/C6H16O2Si/c1-5-8-9(3,4)6-7-2/h5-6H2,1-4H3. The molecule has 0 saturated heterocycles. The highest BCUT2D eigenvalue weighted by Gasteiger charge is 2.20. The summed E-state index contributed by atoms with van der Waals surface area (Å²) in [5.74, 6) is 0. The molecule has 2 nitrogen and oxygen atoms in total. The van der Waals surface area contributed by atoms with Gasteiger partial charge in [-0.3, -0.25) is 0 Å². The molecular weight excluding hydrogens is 132 g/mol. The van der Waals surface area contributed by atoms with Crippen LogP contribution in [-0.2, 0) is 9.16 Å². The quantitative estimate of drug-likeness (QED) is 0.561. The molecule has 0 aliphatic heterocycles.